The van der Waals surface area contributed by atoms with Crippen LogP contribution in [0.25, 0.3) is 0 Å². The van der Waals surface area contributed by atoms with E-state index in [4.69, 9.17) is 4.74 Å². The topological polar surface area (TPSA) is 105 Å². The van der Waals surface area contributed by atoms with Crippen LogP contribution in [0.1, 0.15) is 39.2 Å². The second-order valence-electron chi connectivity index (χ2n) is 6.86. The molecule has 0 saturated carbocycles. The van der Waals surface area contributed by atoms with Gasteiger partial charge in [0.2, 0.25) is 5.91 Å². The zero-order chi connectivity index (χ0) is 20.7. The van der Waals surface area contributed by atoms with Crippen molar-refractivity contribution in [2.24, 2.45) is 5.92 Å². The molecule has 8 nitrogen and oxygen atoms in total. The minimum atomic E-state index is -0.717. The van der Waals surface area contributed by atoms with E-state index in [9.17, 15) is 19.2 Å². The first-order valence-electron chi connectivity index (χ1n) is 9.50. The summed E-state index contributed by atoms with van der Waals surface area (Å²) in [6.45, 7) is 5.40. The predicted molar refractivity (Wildman–Crippen MR) is 104 cm³/mol. The number of urea groups is 1. The Hall–Kier alpha value is -2.90. The first kappa shape index (κ1) is 21.4. The SMILES string of the molecule is CCc1ccc(N2C[C@@H](C(=O)OCC(=O)NC(=O)N[C@H](C)CC)CC2=O)cc1. The maximum Gasteiger partial charge on any atom is 0.321 e. The van der Waals surface area contributed by atoms with Crippen LogP contribution < -0.4 is 15.5 Å². The molecule has 0 bridgehead atoms. The Balaban J connectivity index is 1.82. The van der Waals surface area contributed by atoms with Gasteiger partial charge in [-0.3, -0.25) is 19.7 Å². The Bertz CT molecular complexity index is 732. The maximum absolute atomic E-state index is 12.2. The predicted octanol–water partition coefficient (Wildman–Crippen LogP) is 1.77. The molecule has 0 aromatic heterocycles. The summed E-state index contributed by atoms with van der Waals surface area (Å²) < 4.78 is 4.98. The summed E-state index contributed by atoms with van der Waals surface area (Å²) in [6.07, 6.45) is 1.66. The molecular formula is C20H27N3O5. The Morgan fingerprint density at radius 3 is 2.50 bits per heavy atom. The van der Waals surface area contributed by atoms with Crippen molar-refractivity contribution in [1.82, 2.24) is 10.6 Å². The van der Waals surface area contributed by atoms with Gasteiger partial charge in [-0.15, -0.1) is 0 Å². The highest BCUT2D eigenvalue weighted by Gasteiger charge is 2.36. The van der Waals surface area contributed by atoms with E-state index < -0.39 is 30.4 Å². The fourth-order valence-electron chi connectivity index (χ4n) is 2.81. The van der Waals surface area contributed by atoms with Gasteiger partial charge in [0, 0.05) is 24.7 Å². The Morgan fingerprint density at radius 1 is 1.21 bits per heavy atom. The van der Waals surface area contributed by atoms with Gasteiger partial charge < -0.3 is 15.0 Å². The van der Waals surface area contributed by atoms with Gasteiger partial charge >= 0.3 is 12.0 Å². The molecule has 2 atom stereocenters. The lowest BCUT2D eigenvalue weighted by molar-refractivity contribution is -0.152. The number of benzene rings is 1. The number of ether oxygens (including phenoxy) is 1. The molecule has 0 unspecified atom stereocenters. The van der Waals surface area contributed by atoms with Gasteiger partial charge in [0.25, 0.3) is 5.91 Å². The summed E-state index contributed by atoms with van der Waals surface area (Å²) >= 11 is 0. The van der Waals surface area contributed by atoms with E-state index >= 15 is 0 Å². The van der Waals surface area contributed by atoms with Gasteiger partial charge in [-0.05, 0) is 37.5 Å². The Kier molecular flexibility index (Phi) is 7.54. The standard InChI is InChI=1S/C20H27N3O5/c1-4-13(3)21-20(27)22-17(24)12-28-19(26)15-10-18(25)23(11-15)16-8-6-14(5-2)7-9-16/h6-9,13,15H,4-5,10-12H2,1-3H3,(H2,21,22,24,27)/t13-,15+/m1/s1. The smallest absolute Gasteiger partial charge is 0.321 e. The zero-order valence-corrected chi connectivity index (χ0v) is 16.5. The number of nitrogens with one attached hydrogen (secondary N) is 2. The fraction of sp³-hybridized carbons (Fsp3) is 0.500. The molecule has 1 saturated heterocycles. The van der Waals surface area contributed by atoms with Crippen molar-refractivity contribution in [1.29, 1.82) is 0 Å². The molecule has 0 aliphatic carbocycles. The molecular weight excluding hydrogens is 362 g/mol. The number of carbonyl (C=O) groups is 4. The number of imide groups is 1. The summed E-state index contributed by atoms with van der Waals surface area (Å²) in [5.41, 5.74) is 1.90. The van der Waals surface area contributed by atoms with Crippen molar-refractivity contribution in [2.75, 3.05) is 18.1 Å². The Morgan fingerprint density at radius 2 is 1.89 bits per heavy atom. The number of amides is 4. The summed E-state index contributed by atoms with van der Waals surface area (Å²) in [4.78, 5) is 49.3. The van der Waals surface area contributed by atoms with Crippen LogP contribution >= 0.6 is 0 Å². The number of nitrogens with zero attached hydrogens (tertiary/aromatic N) is 1. The number of carbonyl (C=O) groups excluding carboxylic acids is 4. The van der Waals surface area contributed by atoms with Gasteiger partial charge in [-0.1, -0.05) is 26.0 Å². The third kappa shape index (κ3) is 5.80. The zero-order valence-electron chi connectivity index (χ0n) is 16.5. The van der Waals surface area contributed by atoms with Crippen molar-refractivity contribution >= 4 is 29.5 Å². The maximum atomic E-state index is 12.2. The van der Waals surface area contributed by atoms with Crippen LogP contribution in [0.5, 0.6) is 0 Å². The largest absolute Gasteiger partial charge is 0.455 e. The lowest BCUT2D eigenvalue weighted by Crippen LogP contribution is -2.44. The van der Waals surface area contributed by atoms with Crippen LogP contribution in [0.2, 0.25) is 0 Å². The molecule has 152 valence electrons. The number of hydrogen-bond donors (Lipinski definition) is 2. The highest BCUT2D eigenvalue weighted by molar-refractivity contribution is 6.00. The second-order valence-corrected chi connectivity index (χ2v) is 6.86. The average molecular weight is 389 g/mol. The van der Waals surface area contributed by atoms with Crippen LogP contribution in [0, 0.1) is 5.92 Å². The van der Waals surface area contributed by atoms with Crippen molar-refractivity contribution in [3.05, 3.63) is 29.8 Å². The minimum Gasteiger partial charge on any atom is -0.455 e. The van der Waals surface area contributed by atoms with E-state index in [1.807, 2.05) is 45.0 Å². The molecule has 1 heterocycles. The molecule has 0 radical (unpaired) electrons. The highest BCUT2D eigenvalue weighted by Crippen LogP contribution is 2.26. The van der Waals surface area contributed by atoms with Crippen molar-refractivity contribution in [3.63, 3.8) is 0 Å². The molecule has 4 amide bonds. The van der Waals surface area contributed by atoms with Crippen molar-refractivity contribution < 1.29 is 23.9 Å². The third-order valence-electron chi connectivity index (χ3n) is 4.70. The highest BCUT2D eigenvalue weighted by atomic mass is 16.5. The lowest BCUT2D eigenvalue weighted by Gasteiger charge is -2.17. The van der Waals surface area contributed by atoms with Crippen LogP contribution in [0.4, 0.5) is 10.5 Å². The third-order valence-corrected chi connectivity index (χ3v) is 4.70. The van der Waals surface area contributed by atoms with Crippen LogP contribution in [-0.2, 0) is 25.5 Å². The van der Waals surface area contributed by atoms with E-state index in [1.165, 1.54) is 0 Å². The molecule has 2 rings (SSSR count). The van der Waals surface area contributed by atoms with Crippen LogP contribution in [0.3, 0.4) is 0 Å². The van der Waals surface area contributed by atoms with E-state index in [1.54, 1.807) is 4.90 Å². The van der Waals surface area contributed by atoms with Gasteiger partial charge in [0.1, 0.15) is 0 Å². The van der Waals surface area contributed by atoms with E-state index in [0.717, 1.165) is 24.1 Å². The van der Waals surface area contributed by atoms with Crippen molar-refractivity contribution in [2.45, 2.75) is 46.1 Å². The van der Waals surface area contributed by atoms with Crippen LogP contribution in [-0.4, -0.2) is 43.0 Å². The van der Waals surface area contributed by atoms with Gasteiger partial charge in [0.15, 0.2) is 6.61 Å². The monoisotopic (exact) mass is 389 g/mol. The molecule has 2 N–H and O–H groups in total. The molecule has 8 heteroatoms. The average Bonchev–Trinajstić information content (AvgIpc) is 3.07. The first-order chi connectivity index (χ1) is 13.3. The molecule has 28 heavy (non-hydrogen) atoms. The molecule has 1 fully saturated rings. The van der Waals surface area contributed by atoms with E-state index in [2.05, 4.69) is 10.6 Å². The van der Waals surface area contributed by atoms with Gasteiger partial charge in [-0.2, -0.15) is 0 Å². The molecule has 0 spiro atoms. The Labute approximate surface area is 164 Å². The summed E-state index contributed by atoms with van der Waals surface area (Å²) in [6, 6.07) is 6.90. The quantitative estimate of drug-likeness (QED) is 0.692. The summed E-state index contributed by atoms with van der Waals surface area (Å²) in [5.74, 6) is -2.15. The van der Waals surface area contributed by atoms with E-state index in [0.29, 0.717) is 0 Å². The number of hydrogen-bond acceptors (Lipinski definition) is 5. The fourth-order valence-corrected chi connectivity index (χ4v) is 2.81. The second kappa shape index (κ2) is 9.87. The van der Waals surface area contributed by atoms with Gasteiger partial charge in [-0.25, -0.2) is 4.79 Å². The molecule has 1 aliphatic heterocycles. The summed E-state index contributed by atoms with van der Waals surface area (Å²) in [5, 5.41) is 4.68. The molecule has 1 aromatic carbocycles. The number of anilines is 1. The number of rotatable bonds is 7. The molecule has 1 aliphatic rings. The van der Waals surface area contributed by atoms with Gasteiger partial charge in [0.05, 0.1) is 5.92 Å². The lowest BCUT2D eigenvalue weighted by atomic mass is 10.1. The summed E-state index contributed by atoms with van der Waals surface area (Å²) in [7, 11) is 0. The van der Waals surface area contributed by atoms with Crippen molar-refractivity contribution in [3.8, 4) is 0 Å². The number of aryl methyl sites for hydroxylation is 1. The first-order valence-corrected chi connectivity index (χ1v) is 9.50. The minimum absolute atomic E-state index is 0.0322. The molecule has 1 aromatic rings. The number of esters is 1. The van der Waals surface area contributed by atoms with Crippen LogP contribution in [0.15, 0.2) is 24.3 Å². The normalized spacial score (nSPS) is 17.2. The van der Waals surface area contributed by atoms with E-state index in [-0.39, 0.29) is 24.9 Å².